The van der Waals surface area contributed by atoms with E-state index in [2.05, 4.69) is 37.8 Å². The van der Waals surface area contributed by atoms with Crippen molar-refractivity contribution in [2.45, 2.75) is 19.3 Å². The molecule has 102 valence electrons. The maximum absolute atomic E-state index is 5.87. The highest BCUT2D eigenvalue weighted by Crippen LogP contribution is 2.24. The van der Waals surface area contributed by atoms with Crippen molar-refractivity contribution in [1.82, 2.24) is 0 Å². The second-order valence-corrected chi connectivity index (χ2v) is 5.55. The SMILES string of the molecule is COc1ccc(C(C)(C)C#Cc2ccc(Cl)cc2)cc1. The number of benzene rings is 2. The number of methoxy groups -OCH3 is 1. The van der Waals surface area contributed by atoms with Crippen molar-refractivity contribution < 1.29 is 4.74 Å². The van der Waals surface area contributed by atoms with E-state index >= 15 is 0 Å². The molecule has 0 heterocycles. The van der Waals surface area contributed by atoms with Crippen molar-refractivity contribution in [2.24, 2.45) is 0 Å². The third-order valence-electron chi connectivity index (χ3n) is 3.18. The van der Waals surface area contributed by atoms with Crippen LogP contribution in [0.4, 0.5) is 0 Å². The molecule has 0 bridgehead atoms. The molecule has 0 aliphatic heterocycles. The largest absolute Gasteiger partial charge is 0.497 e. The van der Waals surface area contributed by atoms with E-state index in [4.69, 9.17) is 16.3 Å². The van der Waals surface area contributed by atoms with E-state index in [0.29, 0.717) is 0 Å². The normalized spacial score (nSPS) is 10.6. The number of halogens is 1. The molecule has 0 fully saturated rings. The van der Waals surface area contributed by atoms with Crippen molar-refractivity contribution in [2.75, 3.05) is 7.11 Å². The Kier molecular flexibility index (Phi) is 4.37. The summed E-state index contributed by atoms with van der Waals surface area (Å²) in [4.78, 5) is 0. The molecule has 0 N–H and O–H groups in total. The molecule has 0 saturated carbocycles. The molecule has 0 unspecified atom stereocenters. The maximum Gasteiger partial charge on any atom is 0.118 e. The average molecular weight is 285 g/mol. The fourth-order valence-corrected chi connectivity index (χ4v) is 1.97. The van der Waals surface area contributed by atoms with Crippen LogP contribution in [0.1, 0.15) is 25.0 Å². The van der Waals surface area contributed by atoms with Gasteiger partial charge in [-0.3, -0.25) is 0 Å². The van der Waals surface area contributed by atoms with Crippen molar-refractivity contribution in [1.29, 1.82) is 0 Å². The summed E-state index contributed by atoms with van der Waals surface area (Å²) in [6.45, 7) is 4.22. The van der Waals surface area contributed by atoms with Gasteiger partial charge in [0.25, 0.3) is 0 Å². The Balaban J connectivity index is 2.24. The summed E-state index contributed by atoms with van der Waals surface area (Å²) in [5.74, 6) is 7.37. The van der Waals surface area contributed by atoms with E-state index in [-0.39, 0.29) is 5.41 Å². The summed E-state index contributed by atoms with van der Waals surface area (Å²) in [6, 6.07) is 15.6. The quantitative estimate of drug-likeness (QED) is 0.728. The monoisotopic (exact) mass is 284 g/mol. The van der Waals surface area contributed by atoms with Gasteiger partial charge in [-0.15, -0.1) is 0 Å². The molecular weight excluding hydrogens is 268 g/mol. The number of hydrogen-bond acceptors (Lipinski definition) is 1. The van der Waals surface area contributed by atoms with Gasteiger partial charge in [0.2, 0.25) is 0 Å². The van der Waals surface area contributed by atoms with Crippen molar-refractivity contribution in [3.63, 3.8) is 0 Å². The highest BCUT2D eigenvalue weighted by molar-refractivity contribution is 6.30. The van der Waals surface area contributed by atoms with Crippen LogP contribution in [-0.4, -0.2) is 7.11 Å². The minimum absolute atomic E-state index is 0.216. The molecule has 2 aromatic rings. The lowest BCUT2D eigenvalue weighted by atomic mass is 9.85. The van der Waals surface area contributed by atoms with E-state index in [1.54, 1.807) is 7.11 Å². The minimum atomic E-state index is -0.216. The molecule has 2 heteroatoms. The smallest absolute Gasteiger partial charge is 0.118 e. The summed E-state index contributed by atoms with van der Waals surface area (Å²) >= 11 is 5.87. The molecule has 0 amide bonds. The highest BCUT2D eigenvalue weighted by Gasteiger charge is 2.17. The number of ether oxygens (including phenoxy) is 1. The van der Waals surface area contributed by atoms with Crippen LogP contribution in [0.3, 0.4) is 0 Å². The molecule has 2 aromatic carbocycles. The van der Waals surface area contributed by atoms with Crippen LogP contribution in [0.2, 0.25) is 5.02 Å². The Morgan fingerprint density at radius 2 is 1.55 bits per heavy atom. The van der Waals surface area contributed by atoms with Crippen LogP contribution in [0.25, 0.3) is 0 Å². The van der Waals surface area contributed by atoms with E-state index < -0.39 is 0 Å². The predicted octanol–water partition coefficient (Wildman–Crippen LogP) is 4.68. The van der Waals surface area contributed by atoms with Gasteiger partial charge in [0, 0.05) is 10.6 Å². The van der Waals surface area contributed by atoms with Crippen LogP contribution < -0.4 is 4.74 Å². The van der Waals surface area contributed by atoms with Gasteiger partial charge in [0.15, 0.2) is 0 Å². The Hall–Kier alpha value is -1.91. The third-order valence-corrected chi connectivity index (χ3v) is 3.43. The second-order valence-electron chi connectivity index (χ2n) is 5.11. The van der Waals surface area contributed by atoms with Gasteiger partial charge < -0.3 is 4.74 Å². The van der Waals surface area contributed by atoms with Gasteiger partial charge in [0.1, 0.15) is 5.75 Å². The fourth-order valence-electron chi connectivity index (χ4n) is 1.84. The highest BCUT2D eigenvalue weighted by atomic mass is 35.5. The van der Waals surface area contributed by atoms with Gasteiger partial charge >= 0.3 is 0 Å². The lowest BCUT2D eigenvalue weighted by molar-refractivity contribution is 0.414. The first-order chi connectivity index (χ1) is 9.51. The minimum Gasteiger partial charge on any atom is -0.497 e. The second kappa shape index (κ2) is 6.03. The van der Waals surface area contributed by atoms with Crippen LogP contribution >= 0.6 is 11.6 Å². The van der Waals surface area contributed by atoms with Crippen LogP contribution in [-0.2, 0) is 5.41 Å². The molecule has 0 saturated heterocycles. The molecule has 0 spiro atoms. The molecule has 0 atom stereocenters. The predicted molar refractivity (Wildman–Crippen MR) is 84.4 cm³/mol. The van der Waals surface area contributed by atoms with Gasteiger partial charge in [-0.1, -0.05) is 35.6 Å². The standard InChI is InChI=1S/C18H17ClO/c1-18(2,15-6-10-17(20-3)11-7-15)13-12-14-4-8-16(19)9-5-14/h4-11H,1-3H3. The van der Waals surface area contributed by atoms with E-state index in [0.717, 1.165) is 16.3 Å². The van der Waals surface area contributed by atoms with Crippen molar-refractivity contribution in [3.05, 3.63) is 64.7 Å². The number of rotatable bonds is 2. The van der Waals surface area contributed by atoms with Gasteiger partial charge in [-0.25, -0.2) is 0 Å². The van der Waals surface area contributed by atoms with E-state index in [1.807, 2.05) is 36.4 Å². The topological polar surface area (TPSA) is 9.23 Å². The molecule has 0 aliphatic carbocycles. The Labute approximate surface area is 125 Å². The molecule has 1 nitrogen and oxygen atoms in total. The van der Waals surface area contributed by atoms with Crippen LogP contribution in [0.15, 0.2) is 48.5 Å². The third kappa shape index (κ3) is 3.56. The van der Waals surface area contributed by atoms with Crippen LogP contribution in [0, 0.1) is 11.8 Å². The Morgan fingerprint density at radius 3 is 2.10 bits per heavy atom. The van der Waals surface area contributed by atoms with E-state index in [1.165, 1.54) is 5.56 Å². The Bertz CT molecular complexity index is 628. The van der Waals surface area contributed by atoms with Crippen molar-refractivity contribution in [3.8, 4) is 17.6 Å². The first-order valence-electron chi connectivity index (χ1n) is 6.44. The maximum atomic E-state index is 5.87. The van der Waals surface area contributed by atoms with Crippen LogP contribution in [0.5, 0.6) is 5.75 Å². The summed E-state index contributed by atoms with van der Waals surface area (Å²) in [5.41, 5.74) is 1.92. The van der Waals surface area contributed by atoms with Gasteiger partial charge in [-0.05, 0) is 55.8 Å². The number of hydrogen-bond donors (Lipinski definition) is 0. The molecule has 0 radical (unpaired) electrons. The summed E-state index contributed by atoms with van der Waals surface area (Å²) in [6.07, 6.45) is 0. The molecule has 0 aromatic heterocycles. The van der Waals surface area contributed by atoms with Gasteiger partial charge in [-0.2, -0.15) is 0 Å². The first kappa shape index (κ1) is 14.5. The Morgan fingerprint density at radius 1 is 0.950 bits per heavy atom. The lowest BCUT2D eigenvalue weighted by Gasteiger charge is -2.18. The molecular formula is C18H17ClO. The average Bonchev–Trinajstić information content (AvgIpc) is 2.47. The van der Waals surface area contributed by atoms with E-state index in [9.17, 15) is 0 Å². The molecule has 20 heavy (non-hydrogen) atoms. The zero-order chi connectivity index (χ0) is 14.6. The van der Waals surface area contributed by atoms with Crippen molar-refractivity contribution >= 4 is 11.6 Å². The van der Waals surface area contributed by atoms with Gasteiger partial charge in [0.05, 0.1) is 12.5 Å². The zero-order valence-corrected chi connectivity index (χ0v) is 12.7. The summed E-state index contributed by atoms with van der Waals surface area (Å²) in [5, 5.41) is 0.727. The summed E-state index contributed by atoms with van der Waals surface area (Å²) < 4.78 is 5.17. The fraction of sp³-hybridized carbons (Fsp3) is 0.222. The zero-order valence-electron chi connectivity index (χ0n) is 11.9. The first-order valence-corrected chi connectivity index (χ1v) is 6.82. The molecule has 2 rings (SSSR count). The molecule has 0 aliphatic rings. The lowest BCUT2D eigenvalue weighted by Crippen LogP contribution is -2.14. The summed E-state index contributed by atoms with van der Waals surface area (Å²) in [7, 11) is 1.67.